The molecule has 0 spiro atoms. The van der Waals surface area contributed by atoms with Gasteiger partial charge in [-0.05, 0) is 31.7 Å². The molecule has 0 fully saturated rings. The van der Waals surface area contributed by atoms with Crippen LogP contribution in [0, 0.1) is 6.42 Å². The van der Waals surface area contributed by atoms with Crippen molar-refractivity contribution in [1.82, 2.24) is 9.97 Å². The second-order valence-corrected chi connectivity index (χ2v) is 14.8. The van der Waals surface area contributed by atoms with Gasteiger partial charge in [0.25, 0.3) is 0 Å². The van der Waals surface area contributed by atoms with E-state index in [0.717, 1.165) is 18.7 Å². The Balaban J connectivity index is 1.95. The quantitative estimate of drug-likeness (QED) is 0.0677. The van der Waals surface area contributed by atoms with Crippen molar-refractivity contribution in [2.24, 2.45) is 0 Å². The van der Waals surface area contributed by atoms with E-state index in [1.165, 1.54) is 230 Å². The van der Waals surface area contributed by atoms with Crippen LogP contribution in [0.3, 0.4) is 0 Å². The van der Waals surface area contributed by atoms with Crippen molar-refractivity contribution in [2.75, 3.05) is 0 Å². The molecule has 0 aliphatic carbocycles. The molecule has 0 saturated heterocycles. The van der Waals surface area contributed by atoms with E-state index >= 15 is 0 Å². The lowest BCUT2D eigenvalue weighted by molar-refractivity contribution is 0.526. The second-order valence-electron chi connectivity index (χ2n) is 14.8. The highest BCUT2D eigenvalue weighted by Gasteiger charge is 2.05. The summed E-state index contributed by atoms with van der Waals surface area (Å²) in [4.78, 5) is 9.65. The van der Waals surface area contributed by atoms with Gasteiger partial charge in [0.1, 0.15) is 5.82 Å². The van der Waals surface area contributed by atoms with Crippen LogP contribution < -0.4 is 0 Å². The normalized spacial score (nSPS) is 11.5. The fraction of sp³-hybridized carbons (Fsp3) is 0.886. The Labute approximate surface area is 290 Å². The molecule has 269 valence electrons. The molecular weight excluding hydrogens is 556 g/mol. The van der Waals surface area contributed by atoms with Gasteiger partial charge in [-0.2, -0.15) is 0 Å². The molecule has 0 bridgehead atoms. The highest BCUT2D eigenvalue weighted by Crippen LogP contribution is 2.17. The van der Waals surface area contributed by atoms with Crippen molar-refractivity contribution >= 4 is 0 Å². The van der Waals surface area contributed by atoms with E-state index in [0.29, 0.717) is 0 Å². The monoisotopic (exact) mass is 640 g/mol. The summed E-state index contributed by atoms with van der Waals surface area (Å²) in [7, 11) is 0. The van der Waals surface area contributed by atoms with Crippen LogP contribution in [0.15, 0.2) is 6.07 Å². The molecule has 1 aromatic heterocycles. The minimum Gasteiger partial charge on any atom is -0.238 e. The third-order valence-electron chi connectivity index (χ3n) is 10.2. The minimum atomic E-state index is 0.937. The predicted molar refractivity (Wildman–Crippen MR) is 207 cm³/mol. The molecule has 46 heavy (non-hydrogen) atoms. The lowest BCUT2D eigenvalue weighted by atomic mass is 10.0. The third-order valence-corrected chi connectivity index (χ3v) is 10.2. The van der Waals surface area contributed by atoms with Gasteiger partial charge >= 0.3 is 0 Å². The summed E-state index contributed by atoms with van der Waals surface area (Å²) >= 11 is 0. The highest BCUT2D eigenvalue weighted by molar-refractivity contribution is 5.15. The summed E-state index contributed by atoms with van der Waals surface area (Å²) in [6.07, 6.45) is 52.9. The van der Waals surface area contributed by atoms with Gasteiger partial charge in [-0.25, -0.2) is 9.97 Å². The van der Waals surface area contributed by atoms with Crippen molar-refractivity contribution in [3.8, 4) is 0 Å². The van der Waals surface area contributed by atoms with Gasteiger partial charge in [0.15, 0.2) is 0 Å². The Hall–Kier alpha value is -0.920. The lowest BCUT2D eigenvalue weighted by Crippen LogP contribution is -2.02. The molecule has 2 nitrogen and oxygen atoms in total. The maximum Gasteiger partial charge on any atom is 0.132 e. The molecule has 2 heteroatoms. The Morgan fingerprint density at radius 2 is 0.565 bits per heavy atom. The molecule has 0 saturated carbocycles. The fourth-order valence-corrected chi connectivity index (χ4v) is 7.02. The first-order valence-corrected chi connectivity index (χ1v) is 21.5. The molecule has 1 rings (SSSR count). The summed E-state index contributed by atoms with van der Waals surface area (Å²) in [6, 6.07) is 2.31. The summed E-state index contributed by atoms with van der Waals surface area (Å²) in [5.74, 6) is 0.937. The fourth-order valence-electron chi connectivity index (χ4n) is 7.02. The number of nitrogens with zero attached hydrogens (tertiary/aromatic N) is 2. The number of rotatable bonds is 37. The maximum atomic E-state index is 4.82. The van der Waals surface area contributed by atoms with Gasteiger partial charge in [-0.15, -0.1) is 0 Å². The van der Waals surface area contributed by atoms with E-state index in [1.807, 2.05) is 0 Å². The van der Waals surface area contributed by atoms with Crippen LogP contribution in [-0.2, 0) is 12.8 Å². The first kappa shape index (κ1) is 43.1. The van der Waals surface area contributed by atoms with Crippen LogP contribution in [0.2, 0.25) is 0 Å². The molecule has 0 N–H and O–H groups in total. The lowest BCUT2D eigenvalue weighted by Gasteiger charge is -2.08. The Morgan fingerprint density at radius 3 is 0.783 bits per heavy atom. The molecule has 1 radical (unpaired) electrons. The zero-order valence-corrected chi connectivity index (χ0v) is 32.0. The zero-order valence-electron chi connectivity index (χ0n) is 32.0. The van der Waals surface area contributed by atoms with Crippen LogP contribution in [0.1, 0.15) is 256 Å². The third kappa shape index (κ3) is 29.2. The second kappa shape index (κ2) is 35.4. The number of unbranched alkanes of at least 4 members (excludes halogenated alkanes) is 32. The summed E-state index contributed by atoms with van der Waals surface area (Å²) < 4.78 is 0. The highest BCUT2D eigenvalue weighted by atomic mass is 14.9. The van der Waals surface area contributed by atoms with Gasteiger partial charge in [-0.3, -0.25) is 0 Å². The van der Waals surface area contributed by atoms with Crippen LogP contribution in [-0.4, -0.2) is 9.97 Å². The van der Waals surface area contributed by atoms with Crippen molar-refractivity contribution in [1.29, 1.82) is 0 Å². The van der Waals surface area contributed by atoms with E-state index in [4.69, 9.17) is 9.97 Å². The predicted octanol–water partition coefficient (Wildman–Crippen LogP) is 15.4. The minimum absolute atomic E-state index is 0.937. The van der Waals surface area contributed by atoms with E-state index in [9.17, 15) is 0 Å². The molecular formula is C44H83N2. The van der Waals surface area contributed by atoms with Gasteiger partial charge in [-0.1, -0.05) is 226 Å². The maximum absolute atomic E-state index is 4.82. The standard InChI is InChI=1S/C44H83N2/c1-4-7-9-11-13-15-17-19-21-23-25-27-29-31-33-35-37-39-42-41-43(46-44(6-3)45-42)40-38-36-34-32-30-28-26-24-22-20-18-16-14-12-10-8-5-2/h6,41H,4-5,7-40H2,1-3H3. The molecule has 1 aromatic rings. The Kier molecular flexibility index (Phi) is 33.2. The van der Waals surface area contributed by atoms with Crippen LogP contribution in [0.4, 0.5) is 0 Å². The zero-order chi connectivity index (χ0) is 33.0. The van der Waals surface area contributed by atoms with Gasteiger partial charge < -0.3 is 0 Å². The first-order chi connectivity index (χ1) is 22.8. The van der Waals surface area contributed by atoms with Gasteiger partial charge in [0.2, 0.25) is 0 Å². The van der Waals surface area contributed by atoms with Crippen LogP contribution >= 0.6 is 0 Å². The van der Waals surface area contributed by atoms with E-state index in [2.05, 4.69) is 33.3 Å². The van der Waals surface area contributed by atoms with Gasteiger partial charge in [0, 0.05) is 17.8 Å². The molecule has 0 aliphatic rings. The molecule has 0 aliphatic heterocycles. The Bertz CT molecular complexity index is 672. The number of hydrogen-bond donors (Lipinski definition) is 0. The van der Waals surface area contributed by atoms with Crippen LogP contribution in [0.25, 0.3) is 0 Å². The van der Waals surface area contributed by atoms with E-state index in [-0.39, 0.29) is 0 Å². The van der Waals surface area contributed by atoms with Gasteiger partial charge in [0.05, 0.1) is 0 Å². The van der Waals surface area contributed by atoms with Crippen molar-refractivity contribution < 1.29 is 0 Å². The summed E-state index contributed by atoms with van der Waals surface area (Å²) in [5, 5.41) is 0. The van der Waals surface area contributed by atoms with E-state index < -0.39 is 0 Å². The van der Waals surface area contributed by atoms with Crippen molar-refractivity contribution in [2.45, 2.75) is 252 Å². The number of hydrogen-bond acceptors (Lipinski definition) is 2. The average Bonchev–Trinajstić information content (AvgIpc) is 3.07. The SMILES string of the molecule is C[CH]c1nc(CCCCCCCCCCCCCCCCCCC)cc(CCCCCCCCCCCCCCCCCCC)n1. The van der Waals surface area contributed by atoms with E-state index in [1.54, 1.807) is 0 Å². The number of aryl methyl sites for hydroxylation is 2. The molecule has 0 unspecified atom stereocenters. The van der Waals surface area contributed by atoms with Crippen LogP contribution in [0.5, 0.6) is 0 Å². The molecule has 0 amide bonds. The average molecular weight is 640 g/mol. The Morgan fingerprint density at radius 1 is 0.348 bits per heavy atom. The van der Waals surface area contributed by atoms with Crippen molar-refractivity contribution in [3.05, 3.63) is 29.7 Å². The molecule has 1 heterocycles. The first-order valence-electron chi connectivity index (χ1n) is 21.5. The molecule has 0 atom stereocenters. The largest absolute Gasteiger partial charge is 0.238 e. The smallest absolute Gasteiger partial charge is 0.132 e. The summed E-state index contributed by atoms with van der Waals surface area (Å²) in [5.41, 5.74) is 2.54. The van der Waals surface area contributed by atoms with Crippen molar-refractivity contribution in [3.63, 3.8) is 0 Å². The molecule has 0 aromatic carbocycles. The summed E-state index contributed by atoms with van der Waals surface area (Å²) in [6.45, 7) is 6.69. The topological polar surface area (TPSA) is 25.8 Å². The number of aromatic nitrogens is 2.